The van der Waals surface area contributed by atoms with Crippen LogP contribution in [0.3, 0.4) is 0 Å². The molecule has 0 fully saturated rings. The fourth-order valence-corrected chi connectivity index (χ4v) is 1.42. The molecule has 0 atom stereocenters. The van der Waals surface area contributed by atoms with Gasteiger partial charge in [0.1, 0.15) is 5.69 Å². The van der Waals surface area contributed by atoms with Gasteiger partial charge < -0.3 is 15.8 Å². The van der Waals surface area contributed by atoms with Crippen LogP contribution in [0.25, 0.3) is 0 Å². The third-order valence-corrected chi connectivity index (χ3v) is 2.33. The van der Waals surface area contributed by atoms with Crippen molar-refractivity contribution in [1.29, 1.82) is 0 Å². The lowest BCUT2D eigenvalue weighted by atomic mass is 10.1. The molecular formula is C12H17N3O4. The first-order chi connectivity index (χ1) is 8.91. The molecule has 1 aromatic carbocycles. The molecule has 0 saturated heterocycles. The molecule has 0 aliphatic carbocycles. The van der Waals surface area contributed by atoms with Crippen molar-refractivity contribution >= 4 is 17.3 Å². The average Bonchev–Trinajstić information content (AvgIpc) is 2.33. The summed E-state index contributed by atoms with van der Waals surface area (Å²) in [5.41, 5.74) is 5.55. The van der Waals surface area contributed by atoms with E-state index in [1.54, 1.807) is 0 Å². The number of rotatable bonds is 6. The van der Waals surface area contributed by atoms with Crippen molar-refractivity contribution in [2.24, 2.45) is 0 Å². The van der Waals surface area contributed by atoms with Crippen molar-refractivity contribution in [2.45, 2.75) is 20.0 Å². The minimum atomic E-state index is -0.590. The second-order valence-electron chi connectivity index (χ2n) is 4.21. The van der Waals surface area contributed by atoms with Gasteiger partial charge in [-0.05, 0) is 26.0 Å². The summed E-state index contributed by atoms with van der Waals surface area (Å²) in [6.45, 7) is 4.58. The Kier molecular flexibility index (Phi) is 5.25. The fraction of sp³-hybridized carbons (Fsp3) is 0.417. The van der Waals surface area contributed by atoms with Crippen molar-refractivity contribution in [3.63, 3.8) is 0 Å². The van der Waals surface area contributed by atoms with Crippen LogP contribution in [0.5, 0.6) is 0 Å². The molecule has 0 aromatic heterocycles. The zero-order chi connectivity index (χ0) is 14.4. The largest absolute Gasteiger partial charge is 0.393 e. The number of amides is 1. The van der Waals surface area contributed by atoms with Crippen molar-refractivity contribution in [2.75, 3.05) is 18.9 Å². The summed E-state index contributed by atoms with van der Waals surface area (Å²) in [6.07, 6.45) is 0.104. The van der Waals surface area contributed by atoms with E-state index in [2.05, 4.69) is 5.32 Å². The highest BCUT2D eigenvalue weighted by molar-refractivity contribution is 5.95. The van der Waals surface area contributed by atoms with E-state index in [0.29, 0.717) is 13.2 Å². The maximum Gasteiger partial charge on any atom is 0.292 e. The number of nitrogen functional groups attached to an aromatic ring is 1. The van der Waals surface area contributed by atoms with Gasteiger partial charge in [-0.1, -0.05) is 0 Å². The van der Waals surface area contributed by atoms with Gasteiger partial charge in [0.25, 0.3) is 11.6 Å². The molecule has 0 radical (unpaired) electrons. The van der Waals surface area contributed by atoms with E-state index in [1.807, 2.05) is 13.8 Å². The van der Waals surface area contributed by atoms with E-state index < -0.39 is 4.92 Å². The van der Waals surface area contributed by atoms with Gasteiger partial charge in [0, 0.05) is 18.2 Å². The summed E-state index contributed by atoms with van der Waals surface area (Å²) in [7, 11) is 0. The van der Waals surface area contributed by atoms with E-state index in [-0.39, 0.29) is 28.9 Å². The molecule has 0 heterocycles. The number of hydrogen-bond acceptors (Lipinski definition) is 5. The molecule has 0 spiro atoms. The third kappa shape index (κ3) is 4.55. The van der Waals surface area contributed by atoms with Gasteiger partial charge in [-0.2, -0.15) is 0 Å². The molecule has 3 N–H and O–H groups in total. The third-order valence-electron chi connectivity index (χ3n) is 2.33. The summed E-state index contributed by atoms with van der Waals surface area (Å²) in [6, 6.07) is 3.87. The molecule has 104 valence electrons. The number of carbonyl (C=O) groups is 1. The Morgan fingerprint density at radius 2 is 2.21 bits per heavy atom. The monoisotopic (exact) mass is 267 g/mol. The van der Waals surface area contributed by atoms with Gasteiger partial charge >= 0.3 is 0 Å². The van der Waals surface area contributed by atoms with Gasteiger partial charge in [0.2, 0.25) is 0 Å². The average molecular weight is 267 g/mol. The highest BCUT2D eigenvalue weighted by atomic mass is 16.6. The van der Waals surface area contributed by atoms with Crippen LogP contribution in [0.2, 0.25) is 0 Å². The quantitative estimate of drug-likeness (QED) is 0.350. The Morgan fingerprint density at radius 3 is 2.74 bits per heavy atom. The summed E-state index contributed by atoms with van der Waals surface area (Å²) in [5.74, 6) is -0.339. The predicted octanol–water partition coefficient (Wildman–Crippen LogP) is 1.33. The van der Waals surface area contributed by atoms with Gasteiger partial charge in [-0.25, -0.2) is 0 Å². The second-order valence-corrected chi connectivity index (χ2v) is 4.21. The maximum absolute atomic E-state index is 11.7. The Labute approximate surface area is 110 Å². The standard InChI is InChI=1S/C12H17N3O4/c1-8(2)19-6-5-14-12(16)9-3-4-11(15(17)18)10(13)7-9/h3-4,7-8H,5-6,13H2,1-2H3,(H,14,16). The number of carbonyl (C=O) groups excluding carboxylic acids is 1. The van der Waals surface area contributed by atoms with Gasteiger partial charge in [0.05, 0.1) is 17.6 Å². The molecule has 1 amide bonds. The van der Waals surface area contributed by atoms with E-state index in [9.17, 15) is 14.9 Å². The van der Waals surface area contributed by atoms with Crippen LogP contribution in [0.1, 0.15) is 24.2 Å². The van der Waals surface area contributed by atoms with Crippen LogP contribution < -0.4 is 11.1 Å². The van der Waals surface area contributed by atoms with Gasteiger partial charge in [0.15, 0.2) is 0 Å². The van der Waals surface area contributed by atoms with Gasteiger partial charge in [-0.3, -0.25) is 14.9 Å². The number of nitrogens with zero attached hydrogens (tertiary/aromatic N) is 1. The summed E-state index contributed by atoms with van der Waals surface area (Å²) < 4.78 is 5.27. The molecular weight excluding hydrogens is 250 g/mol. The first-order valence-corrected chi connectivity index (χ1v) is 5.85. The molecule has 7 nitrogen and oxygen atoms in total. The van der Waals surface area contributed by atoms with Gasteiger partial charge in [-0.15, -0.1) is 0 Å². The Bertz CT molecular complexity index is 474. The maximum atomic E-state index is 11.7. The SMILES string of the molecule is CC(C)OCCNC(=O)c1ccc([N+](=O)[O-])c(N)c1. The number of hydrogen-bond donors (Lipinski definition) is 2. The lowest BCUT2D eigenvalue weighted by Crippen LogP contribution is -2.28. The zero-order valence-electron chi connectivity index (χ0n) is 10.9. The van der Waals surface area contributed by atoms with Crippen molar-refractivity contribution in [3.05, 3.63) is 33.9 Å². The Balaban J connectivity index is 2.58. The molecule has 1 rings (SSSR count). The van der Waals surface area contributed by atoms with E-state index >= 15 is 0 Å². The van der Waals surface area contributed by atoms with Crippen LogP contribution in [-0.2, 0) is 4.74 Å². The number of nitro groups is 1. The Hall–Kier alpha value is -2.15. The van der Waals surface area contributed by atoms with E-state index in [1.165, 1.54) is 18.2 Å². The fourth-order valence-electron chi connectivity index (χ4n) is 1.42. The molecule has 0 bridgehead atoms. The normalized spacial score (nSPS) is 10.5. The first kappa shape index (κ1) is 14.9. The first-order valence-electron chi connectivity index (χ1n) is 5.85. The van der Waals surface area contributed by atoms with Crippen LogP contribution in [-0.4, -0.2) is 30.1 Å². The highest BCUT2D eigenvalue weighted by Crippen LogP contribution is 2.21. The van der Waals surface area contributed by atoms with Crippen molar-refractivity contribution in [1.82, 2.24) is 5.32 Å². The molecule has 19 heavy (non-hydrogen) atoms. The van der Waals surface area contributed by atoms with Crippen molar-refractivity contribution in [3.8, 4) is 0 Å². The zero-order valence-corrected chi connectivity index (χ0v) is 10.9. The number of nitrogens with two attached hydrogens (primary N) is 1. The second kappa shape index (κ2) is 6.69. The summed E-state index contributed by atoms with van der Waals surface area (Å²) >= 11 is 0. The number of ether oxygens (including phenoxy) is 1. The van der Waals surface area contributed by atoms with Crippen LogP contribution in [0.4, 0.5) is 11.4 Å². The number of nitrogens with one attached hydrogen (secondary N) is 1. The summed E-state index contributed by atoms with van der Waals surface area (Å²) in [5, 5.41) is 13.2. The Morgan fingerprint density at radius 1 is 1.53 bits per heavy atom. The minimum absolute atomic E-state index is 0.0314. The molecule has 0 aliphatic heterocycles. The lowest BCUT2D eigenvalue weighted by molar-refractivity contribution is -0.383. The molecule has 0 unspecified atom stereocenters. The highest BCUT2D eigenvalue weighted by Gasteiger charge is 2.14. The van der Waals surface area contributed by atoms with Crippen LogP contribution in [0.15, 0.2) is 18.2 Å². The van der Waals surface area contributed by atoms with Crippen LogP contribution >= 0.6 is 0 Å². The molecule has 0 saturated carbocycles. The van der Waals surface area contributed by atoms with Crippen LogP contribution in [0, 0.1) is 10.1 Å². The van der Waals surface area contributed by atoms with E-state index in [4.69, 9.17) is 10.5 Å². The number of anilines is 1. The number of nitro benzene ring substituents is 1. The van der Waals surface area contributed by atoms with Crippen molar-refractivity contribution < 1.29 is 14.5 Å². The molecule has 0 aliphatic rings. The molecule has 1 aromatic rings. The summed E-state index contributed by atoms with van der Waals surface area (Å²) in [4.78, 5) is 21.7. The lowest BCUT2D eigenvalue weighted by Gasteiger charge is -2.09. The van der Waals surface area contributed by atoms with E-state index in [0.717, 1.165) is 0 Å². The topological polar surface area (TPSA) is 107 Å². The number of benzene rings is 1. The predicted molar refractivity (Wildman–Crippen MR) is 70.9 cm³/mol. The molecule has 7 heteroatoms. The smallest absolute Gasteiger partial charge is 0.292 e. The minimum Gasteiger partial charge on any atom is -0.393 e.